The summed E-state index contributed by atoms with van der Waals surface area (Å²) in [4.78, 5) is 24.3. The average Bonchev–Trinajstić information content (AvgIpc) is 2.55. The first-order valence-corrected chi connectivity index (χ1v) is 8.40. The molecule has 0 radical (unpaired) electrons. The highest BCUT2D eigenvalue weighted by Crippen LogP contribution is 2.18. The van der Waals surface area contributed by atoms with Gasteiger partial charge in [0.2, 0.25) is 5.91 Å². The van der Waals surface area contributed by atoms with E-state index in [2.05, 4.69) is 5.32 Å². The maximum absolute atomic E-state index is 12.2. The summed E-state index contributed by atoms with van der Waals surface area (Å²) >= 11 is 5.96. The van der Waals surface area contributed by atoms with Crippen molar-refractivity contribution in [2.75, 3.05) is 0 Å². The Labute approximate surface area is 148 Å². The molecule has 0 aliphatic carbocycles. The quantitative estimate of drug-likeness (QED) is 0.766. The standard InChI is InChI=1S/C20H22ClNO2/c1-13-7-8-17(11-14(13)2)19(23)9-10-20(24)22-15(3)16-5-4-6-18(21)12-16/h4-8,11-12,15H,9-10H2,1-3H3,(H,22,24)/t15-/m1/s1. The van der Waals surface area contributed by atoms with E-state index < -0.39 is 0 Å². The van der Waals surface area contributed by atoms with Gasteiger partial charge in [-0.05, 0) is 55.7 Å². The Kier molecular flexibility index (Phi) is 6.16. The van der Waals surface area contributed by atoms with Crippen molar-refractivity contribution >= 4 is 23.3 Å². The van der Waals surface area contributed by atoms with Gasteiger partial charge in [-0.1, -0.05) is 35.9 Å². The summed E-state index contributed by atoms with van der Waals surface area (Å²) in [6, 6.07) is 12.9. The van der Waals surface area contributed by atoms with Gasteiger partial charge in [0.05, 0.1) is 6.04 Å². The molecule has 0 aliphatic rings. The lowest BCUT2D eigenvalue weighted by Gasteiger charge is -2.14. The minimum Gasteiger partial charge on any atom is -0.350 e. The maximum atomic E-state index is 12.2. The van der Waals surface area contributed by atoms with Gasteiger partial charge in [0.15, 0.2) is 5.78 Å². The molecule has 24 heavy (non-hydrogen) atoms. The molecule has 1 amide bonds. The van der Waals surface area contributed by atoms with Crippen molar-refractivity contribution in [3.8, 4) is 0 Å². The Morgan fingerprint density at radius 2 is 1.79 bits per heavy atom. The van der Waals surface area contributed by atoms with E-state index in [0.717, 1.165) is 16.7 Å². The molecule has 0 saturated carbocycles. The molecule has 0 heterocycles. The lowest BCUT2D eigenvalue weighted by molar-refractivity contribution is -0.121. The van der Waals surface area contributed by atoms with Gasteiger partial charge < -0.3 is 5.32 Å². The van der Waals surface area contributed by atoms with Gasteiger partial charge in [-0.2, -0.15) is 0 Å². The summed E-state index contributed by atoms with van der Waals surface area (Å²) in [5, 5.41) is 3.54. The van der Waals surface area contributed by atoms with Crippen LogP contribution in [0.15, 0.2) is 42.5 Å². The normalized spacial score (nSPS) is 11.8. The molecule has 0 aromatic heterocycles. The minimum absolute atomic E-state index is 0.0105. The molecule has 2 aromatic rings. The largest absolute Gasteiger partial charge is 0.350 e. The van der Waals surface area contributed by atoms with Crippen molar-refractivity contribution in [2.45, 2.75) is 39.7 Å². The fourth-order valence-electron chi connectivity index (χ4n) is 2.46. The fourth-order valence-corrected chi connectivity index (χ4v) is 2.66. The number of ketones is 1. The van der Waals surface area contributed by atoms with E-state index >= 15 is 0 Å². The zero-order valence-electron chi connectivity index (χ0n) is 14.2. The molecule has 126 valence electrons. The zero-order chi connectivity index (χ0) is 17.7. The molecule has 1 atom stereocenters. The SMILES string of the molecule is Cc1ccc(C(=O)CCC(=O)N[C@H](C)c2cccc(Cl)c2)cc1C. The van der Waals surface area contributed by atoms with Crippen LogP contribution in [0.3, 0.4) is 0 Å². The maximum Gasteiger partial charge on any atom is 0.220 e. The molecular formula is C20H22ClNO2. The van der Waals surface area contributed by atoms with Crippen molar-refractivity contribution in [1.29, 1.82) is 0 Å². The molecular weight excluding hydrogens is 322 g/mol. The molecule has 1 N–H and O–H groups in total. The van der Waals surface area contributed by atoms with E-state index in [9.17, 15) is 9.59 Å². The van der Waals surface area contributed by atoms with Gasteiger partial charge in [0.1, 0.15) is 0 Å². The van der Waals surface area contributed by atoms with E-state index in [1.54, 1.807) is 6.07 Å². The highest BCUT2D eigenvalue weighted by molar-refractivity contribution is 6.30. The first-order valence-electron chi connectivity index (χ1n) is 8.02. The summed E-state index contributed by atoms with van der Waals surface area (Å²) in [6.07, 6.45) is 0.382. The zero-order valence-corrected chi connectivity index (χ0v) is 15.0. The van der Waals surface area contributed by atoms with Crippen molar-refractivity contribution in [2.24, 2.45) is 0 Å². The van der Waals surface area contributed by atoms with Crippen molar-refractivity contribution in [1.82, 2.24) is 5.32 Å². The molecule has 0 fully saturated rings. The first kappa shape index (κ1) is 18.2. The van der Waals surface area contributed by atoms with E-state index in [4.69, 9.17) is 11.6 Å². The Hall–Kier alpha value is -2.13. The smallest absolute Gasteiger partial charge is 0.220 e. The molecule has 0 aliphatic heterocycles. The molecule has 0 bridgehead atoms. The summed E-state index contributed by atoms with van der Waals surface area (Å²) in [7, 11) is 0. The van der Waals surface area contributed by atoms with Crippen LogP contribution in [0.1, 0.15) is 52.9 Å². The number of Topliss-reactive ketones (excluding diaryl/α,β-unsaturated/α-hetero) is 1. The van der Waals surface area contributed by atoms with Gasteiger partial charge >= 0.3 is 0 Å². The number of carbonyl (C=O) groups is 2. The Bertz CT molecular complexity index is 755. The Morgan fingerprint density at radius 1 is 1.04 bits per heavy atom. The van der Waals surface area contributed by atoms with Gasteiger partial charge in [-0.3, -0.25) is 9.59 Å². The van der Waals surface area contributed by atoms with Crippen LogP contribution in [0, 0.1) is 13.8 Å². The van der Waals surface area contributed by atoms with Crippen LogP contribution in [0.4, 0.5) is 0 Å². The molecule has 2 aromatic carbocycles. The van der Waals surface area contributed by atoms with Gasteiger partial charge in [0.25, 0.3) is 0 Å². The van der Waals surface area contributed by atoms with Crippen LogP contribution in [-0.2, 0) is 4.79 Å². The fraction of sp³-hybridized carbons (Fsp3) is 0.300. The second-order valence-corrected chi connectivity index (χ2v) is 6.50. The second kappa shape index (κ2) is 8.11. The molecule has 3 nitrogen and oxygen atoms in total. The predicted octanol–water partition coefficient (Wildman–Crippen LogP) is 4.80. The highest BCUT2D eigenvalue weighted by Gasteiger charge is 2.13. The van der Waals surface area contributed by atoms with Crippen LogP contribution in [0.5, 0.6) is 0 Å². The summed E-state index contributed by atoms with van der Waals surface area (Å²) < 4.78 is 0. The summed E-state index contributed by atoms with van der Waals surface area (Å²) in [6.45, 7) is 5.88. The van der Waals surface area contributed by atoms with Crippen LogP contribution < -0.4 is 5.32 Å². The van der Waals surface area contributed by atoms with E-state index in [1.165, 1.54) is 0 Å². The molecule has 0 spiro atoms. The number of hydrogen-bond acceptors (Lipinski definition) is 2. The van der Waals surface area contributed by atoms with Gasteiger partial charge in [-0.15, -0.1) is 0 Å². The van der Waals surface area contributed by atoms with E-state index in [0.29, 0.717) is 10.6 Å². The first-order chi connectivity index (χ1) is 11.4. The Balaban J connectivity index is 1.88. The number of benzene rings is 2. The second-order valence-electron chi connectivity index (χ2n) is 6.07. The summed E-state index contributed by atoms with van der Waals surface area (Å²) in [5.41, 5.74) is 3.84. The van der Waals surface area contributed by atoms with Crippen molar-refractivity contribution < 1.29 is 9.59 Å². The molecule has 0 unspecified atom stereocenters. The lowest BCUT2D eigenvalue weighted by atomic mass is 10.0. The van der Waals surface area contributed by atoms with Crippen LogP contribution in [0.25, 0.3) is 0 Å². The van der Waals surface area contributed by atoms with Gasteiger partial charge in [-0.25, -0.2) is 0 Å². The van der Waals surface area contributed by atoms with E-state index in [1.807, 2.05) is 57.2 Å². The molecule has 0 saturated heterocycles. The predicted molar refractivity (Wildman–Crippen MR) is 97.5 cm³/mol. The number of nitrogens with one attached hydrogen (secondary N) is 1. The van der Waals surface area contributed by atoms with Gasteiger partial charge in [0, 0.05) is 23.4 Å². The van der Waals surface area contributed by atoms with Crippen LogP contribution in [0.2, 0.25) is 5.02 Å². The van der Waals surface area contributed by atoms with Crippen LogP contribution >= 0.6 is 11.6 Å². The lowest BCUT2D eigenvalue weighted by Crippen LogP contribution is -2.26. The number of halogens is 1. The topological polar surface area (TPSA) is 46.2 Å². The minimum atomic E-state index is -0.145. The third-order valence-corrected chi connectivity index (χ3v) is 4.37. The van der Waals surface area contributed by atoms with Crippen molar-refractivity contribution in [3.63, 3.8) is 0 Å². The molecule has 4 heteroatoms. The summed E-state index contributed by atoms with van der Waals surface area (Å²) in [5.74, 6) is -0.150. The highest BCUT2D eigenvalue weighted by atomic mass is 35.5. The number of aryl methyl sites for hydroxylation is 2. The number of hydrogen-bond donors (Lipinski definition) is 1. The van der Waals surface area contributed by atoms with Crippen LogP contribution in [-0.4, -0.2) is 11.7 Å². The number of rotatable bonds is 6. The average molecular weight is 344 g/mol. The number of carbonyl (C=O) groups excluding carboxylic acids is 2. The molecule has 2 rings (SSSR count). The monoisotopic (exact) mass is 343 g/mol. The third-order valence-electron chi connectivity index (χ3n) is 4.13. The van der Waals surface area contributed by atoms with E-state index in [-0.39, 0.29) is 30.6 Å². The Morgan fingerprint density at radius 3 is 2.46 bits per heavy atom. The third kappa shape index (κ3) is 4.93. The van der Waals surface area contributed by atoms with Crippen molar-refractivity contribution in [3.05, 3.63) is 69.7 Å². The number of amides is 1.